The number of rotatable bonds is 2. The molecule has 0 unspecified atom stereocenters. The second-order valence-corrected chi connectivity index (χ2v) is 10.7. The number of aliphatic hydroxyl groups is 3. The van der Waals surface area contributed by atoms with Crippen molar-refractivity contribution < 1.29 is 34.8 Å². The molecule has 6 N–H and O–H groups in total. The van der Waals surface area contributed by atoms with E-state index in [4.69, 9.17) is 5.73 Å². The summed E-state index contributed by atoms with van der Waals surface area (Å²) in [5, 5.41) is 44.6. The largest absolute Gasteiger partial charge is 0.510 e. The van der Waals surface area contributed by atoms with E-state index in [1.807, 2.05) is 20.8 Å². The minimum atomic E-state index is -2.62. The fraction of sp³-hybridized carbons (Fsp3) is 0.480. The van der Waals surface area contributed by atoms with Crippen LogP contribution in [0.5, 0.6) is 5.75 Å². The van der Waals surface area contributed by atoms with Crippen molar-refractivity contribution in [1.29, 1.82) is 0 Å². The average Bonchev–Trinajstić information content (AvgIpc) is 2.69. The van der Waals surface area contributed by atoms with Crippen molar-refractivity contribution in [3.8, 4) is 5.75 Å². The summed E-state index contributed by atoms with van der Waals surface area (Å²) in [5.41, 5.74) is 2.47. The minimum absolute atomic E-state index is 0.0354. The molecule has 0 fully saturated rings. The van der Waals surface area contributed by atoms with Gasteiger partial charge in [-0.25, -0.2) is 0 Å². The number of amides is 1. The van der Waals surface area contributed by atoms with Gasteiger partial charge in [-0.3, -0.25) is 19.3 Å². The number of benzene rings is 1. The van der Waals surface area contributed by atoms with Gasteiger partial charge in [0.05, 0.1) is 11.6 Å². The van der Waals surface area contributed by atoms with Crippen molar-refractivity contribution in [2.45, 2.75) is 50.7 Å². The number of nitrogens with zero attached hydrogens (tertiary/aromatic N) is 1. The molecule has 0 aliphatic heterocycles. The Morgan fingerprint density at radius 1 is 1.15 bits per heavy atom. The van der Waals surface area contributed by atoms with Crippen molar-refractivity contribution >= 4 is 17.5 Å². The van der Waals surface area contributed by atoms with E-state index in [0.29, 0.717) is 11.1 Å². The Bertz CT molecular complexity index is 1200. The molecule has 1 amide bonds. The Balaban J connectivity index is 1.96. The molecule has 34 heavy (non-hydrogen) atoms. The highest BCUT2D eigenvalue weighted by Crippen LogP contribution is 2.52. The summed E-state index contributed by atoms with van der Waals surface area (Å²) in [6.45, 7) is 5.67. The molecule has 9 heteroatoms. The molecule has 9 nitrogen and oxygen atoms in total. The number of carbonyl (C=O) groups excluding carboxylic acids is 3. The lowest BCUT2D eigenvalue weighted by atomic mass is 9.58. The van der Waals surface area contributed by atoms with E-state index in [0.717, 1.165) is 0 Å². The smallest absolute Gasteiger partial charge is 0.255 e. The zero-order valence-electron chi connectivity index (χ0n) is 19.8. The highest BCUT2D eigenvalue weighted by atomic mass is 16.3. The van der Waals surface area contributed by atoms with E-state index in [-0.39, 0.29) is 29.7 Å². The van der Waals surface area contributed by atoms with E-state index in [2.05, 4.69) is 0 Å². The predicted octanol–water partition coefficient (Wildman–Crippen LogP) is 1.42. The van der Waals surface area contributed by atoms with Gasteiger partial charge in [0, 0.05) is 17.1 Å². The molecule has 0 bridgehead atoms. The van der Waals surface area contributed by atoms with Crippen molar-refractivity contribution in [3.63, 3.8) is 0 Å². The fourth-order valence-electron chi connectivity index (χ4n) is 5.83. The number of aromatic hydroxyl groups is 1. The first-order valence-electron chi connectivity index (χ1n) is 11.1. The summed E-state index contributed by atoms with van der Waals surface area (Å²) in [7, 11) is 3.19. The SMILES string of the molecule is CN(C)[C@@H]1C(O)=C(C(N)=O)C(=O)[C@@]2(O)C(O)=C3C(=O)c4c(ccc(C(C)(C)C)c4O)C[C@H]3C[C@@H]12. The number of carbonyl (C=O) groups is 3. The molecule has 3 aliphatic rings. The summed E-state index contributed by atoms with van der Waals surface area (Å²) >= 11 is 0. The zero-order chi connectivity index (χ0) is 25.5. The van der Waals surface area contributed by atoms with Crippen LogP contribution in [0.2, 0.25) is 0 Å². The number of Topliss-reactive ketones (excluding diaryl/α,β-unsaturated/α-hetero) is 2. The quantitative estimate of drug-likeness (QED) is 0.406. The number of fused-ring (bicyclic) bond motifs is 3. The van der Waals surface area contributed by atoms with Gasteiger partial charge in [-0.1, -0.05) is 32.9 Å². The van der Waals surface area contributed by atoms with Crippen LogP contribution in [0.1, 0.15) is 48.7 Å². The van der Waals surface area contributed by atoms with E-state index in [9.17, 15) is 34.8 Å². The molecule has 0 spiro atoms. The third kappa shape index (κ3) is 3.03. The van der Waals surface area contributed by atoms with Gasteiger partial charge in [-0.05, 0) is 43.8 Å². The number of allylic oxidation sites excluding steroid dienone is 1. The molecule has 4 rings (SSSR count). The van der Waals surface area contributed by atoms with Gasteiger partial charge in [0.2, 0.25) is 5.78 Å². The second-order valence-electron chi connectivity index (χ2n) is 10.7. The van der Waals surface area contributed by atoms with Crippen LogP contribution in [-0.2, 0) is 21.4 Å². The number of hydrogen-bond donors (Lipinski definition) is 5. The Morgan fingerprint density at radius 2 is 1.76 bits per heavy atom. The number of likely N-dealkylation sites (N-methyl/N-ethyl adjacent to an activating group) is 1. The van der Waals surface area contributed by atoms with Crippen LogP contribution in [0, 0.1) is 11.8 Å². The Morgan fingerprint density at radius 3 is 2.29 bits per heavy atom. The number of ketones is 2. The molecule has 1 aromatic carbocycles. The highest BCUT2D eigenvalue weighted by Gasteiger charge is 2.63. The number of nitrogens with two attached hydrogens (primary N) is 1. The first-order valence-corrected chi connectivity index (χ1v) is 11.1. The fourth-order valence-corrected chi connectivity index (χ4v) is 5.83. The van der Waals surface area contributed by atoms with Crippen LogP contribution < -0.4 is 5.73 Å². The van der Waals surface area contributed by atoms with Gasteiger partial charge in [-0.15, -0.1) is 0 Å². The first-order chi connectivity index (χ1) is 15.6. The zero-order valence-corrected chi connectivity index (χ0v) is 19.8. The van der Waals surface area contributed by atoms with Crippen molar-refractivity contribution in [2.24, 2.45) is 17.6 Å². The lowest BCUT2D eigenvalue weighted by Crippen LogP contribution is -2.63. The summed E-state index contributed by atoms with van der Waals surface area (Å²) in [6.07, 6.45) is 0.361. The number of phenolic OH excluding ortho intramolecular Hbond substituents is 1. The minimum Gasteiger partial charge on any atom is -0.510 e. The van der Waals surface area contributed by atoms with Crippen LogP contribution in [0.3, 0.4) is 0 Å². The Hall–Kier alpha value is -3.17. The normalized spacial score (nSPS) is 29.2. The monoisotopic (exact) mass is 470 g/mol. The molecule has 0 saturated carbocycles. The van der Waals surface area contributed by atoms with E-state index in [1.165, 1.54) is 4.90 Å². The Kier molecular flexibility index (Phi) is 5.23. The topological polar surface area (TPSA) is 161 Å². The molecule has 3 aliphatic carbocycles. The number of primary amides is 1. The van der Waals surface area contributed by atoms with Crippen LogP contribution in [0.25, 0.3) is 0 Å². The predicted molar refractivity (Wildman–Crippen MR) is 122 cm³/mol. The van der Waals surface area contributed by atoms with Gasteiger partial charge < -0.3 is 26.2 Å². The molecule has 0 saturated heterocycles. The molecule has 1 aromatic rings. The Labute approximate surface area is 197 Å². The second kappa shape index (κ2) is 7.41. The first kappa shape index (κ1) is 24.0. The van der Waals surface area contributed by atoms with Crippen LogP contribution >= 0.6 is 0 Å². The van der Waals surface area contributed by atoms with E-state index >= 15 is 0 Å². The van der Waals surface area contributed by atoms with Gasteiger partial charge in [0.15, 0.2) is 11.4 Å². The van der Waals surface area contributed by atoms with Crippen molar-refractivity contribution in [3.05, 3.63) is 51.5 Å². The van der Waals surface area contributed by atoms with Gasteiger partial charge in [0.1, 0.15) is 22.8 Å². The summed E-state index contributed by atoms with van der Waals surface area (Å²) in [6, 6.07) is 2.55. The average molecular weight is 471 g/mol. The lowest BCUT2D eigenvalue weighted by Gasteiger charge is -2.50. The van der Waals surface area contributed by atoms with Crippen LogP contribution in [0.4, 0.5) is 0 Å². The maximum absolute atomic E-state index is 13.6. The third-order valence-corrected chi connectivity index (χ3v) is 7.40. The highest BCUT2D eigenvalue weighted by molar-refractivity contribution is 6.24. The molecule has 0 aromatic heterocycles. The standard InChI is InChI=1S/C25H30N2O7/c1-24(2,3)12-7-6-10-8-11-9-13-17(27(4)5)20(30)16(23(26)33)22(32)25(13,34)21(31)15(11)19(29)14(10)18(12)28/h6-7,11,13,17,28,30-31,34H,8-9H2,1-5H3,(H2,26,33)/t11-,13-,17-,25-/m0/s1. The lowest BCUT2D eigenvalue weighted by molar-refractivity contribution is -0.148. The number of phenols is 1. The molecule has 0 radical (unpaired) electrons. The molecule has 0 heterocycles. The molecular formula is C25H30N2O7. The van der Waals surface area contributed by atoms with Crippen LogP contribution in [0.15, 0.2) is 34.8 Å². The van der Waals surface area contributed by atoms with Crippen molar-refractivity contribution in [1.82, 2.24) is 4.90 Å². The molecule has 182 valence electrons. The van der Waals surface area contributed by atoms with E-state index < -0.39 is 63.5 Å². The third-order valence-electron chi connectivity index (χ3n) is 7.40. The van der Waals surface area contributed by atoms with Gasteiger partial charge in [0.25, 0.3) is 5.91 Å². The van der Waals surface area contributed by atoms with Crippen LogP contribution in [-0.4, -0.2) is 68.5 Å². The summed E-state index contributed by atoms with van der Waals surface area (Å²) in [4.78, 5) is 40.4. The summed E-state index contributed by atoms with van der Waals surface area (Å²) < 4.78 is 0. The van der Waals surface area contributed by atoms with E-state index in [1.54, 1.807) is 26.2 Å². The number of aliphatic hydroxyl groups excluding tert-OH is 2. The maximum atomic E-state index is 13.6. The maximum Gasteiger partial charge on any atom is 0.255 e. The number of hydrogen-bond acceptors (Lipinski definition) is 8. The summed E-state index contributed by atoms with van der Waals surface area (Å²) in [5.74, 6) is -6.38. The molecule has 4 atom stereocenters. The molecular weight excluding hydrogens is 440 g/mol. The van der Waals surface area contributed by atoms with Gasteiger partial charge in [-0.2, -0.15) is 0 Å². The van der Waals surface area contributed by atoms with Crippen molar-refractivity contribution in [2.75, 3.05) is 14.1 Å². The van der Waals surface area contributed by atoms with Gasteiger partial charge >= 0.3 is 0 Å².